The molecule has 1 aromatic heterocycles. The second-order valence-electron chi connectivity index (χ2n) is 7.75. The Hall–Kier alpha value is -2.77. The van der Waals surface area contributed by atoms with Gasteiger partial charge in [0.05, 0.1) is 11.3 Å². The van der Waals surface area contributed by atoms with E-state index in [4.69, 9.17) is 4.84 Å². The highest BCUT2D eigenvalue weighted by Gasteiger charge is 2.36. The van der Waals surface area contributed by atoms with Crippen LogP contribution < -0.4 is 10.8 Å². The molecule has 7 heteroatoms. The summed E-state index contributed by atoms with van der Waals surface area (Å²) in [4.78, 5) is 17.7. The third kappa shape index (κ3) is 2.76. The highest BCUT2D eigenvalue weighted by Crippen LogP contribution is 2.39. The molecule has 5 rings (SSSR count). The van der Waals surface area contributed by atoms with Crippen molar-refractivity contribution in [3.63, 3.8) is 0 Å². The molecular formula is C22H21F2N3O2. The molecule has 1 amide bonds. The van der Waals surface area contributed by atoms with Crippen molar-refractivity contribution in [3.05, 3.63) is 58.9 Å². The number of alkyl halides is 1. The van der Waals surface area contributed by atoms with E-state index in [0.717, 1.165) is 28.7 Å². The number of piperidine rings is 1. The monoisotopic (exact) mass is 397 g/mol. The van der Waals surface area contributed by atoms with Gasteiger partial charge >= 0.3 is 0 Å². The van der Waals surface area contributed by atoms with Crippen LogP contribution in [0.25, 0.3) is 22.2 Å². The van der Waals surface area contributed by atoms with Crippen LogP contribution in [0.4, 0.5) is 8.78 Å². The van der Waals surface area contributed by atoms with E-state index >= 15 is 8.78 Å². The number of nitrogens with zero attached hydrogens (tertiary/aromatic N) is 1. The molecule has 5 nitrogen and oxygen atoms in total. The van der Waals surface area contributed by atoms with Gasteiger partial charge in [0, 0.05) is 41.2 Å². The number of carbonyl (C=O) groups excluding carboxylic acids is 1. The minimum absolute atomic E-state index is 0.0897. The smallest absolute Gasteiger partial charge is 0.275 e. The Kier molecular flexibility index (Phi) is 4.18. The summed E-state index contributed by atoms with van der Waals surface area (Å²) in [7, 11) is 1.87. The summed E-state index contributed by atoms with van der Waals surface area (Å²) in [5, 5.41) is 3.81. The molecule has 0 saturated carbocycles. The summed E-state index contributed by atoms with van der Waals surface area (Å²) in [6, 6.07) is 10.1. The lowest BCUT2D eigenvalue weighted by molar-refractivity contribution is 0.0255. The van der Waals surface area contributed by atoms with Gasteiger partial charge in [0.2, 0.25) is 0 Å². The van der Waals surface area contributed by atoms with E-state index in [2.05, 4.69) is 10.8 Å². The van der Waals surface area contributed by atoms with Gasteiger partial charge in [0.25, 0.3) is 5.91 Å². The zero-order valence-corrected chi connectivity index (χ0v) is 16.0. The quantitative estimate of drug-likeness (QED) is 0.693. The summed E-state index contributed by atoms with van der Waals surface area (Å²) < 4.78 is 32.3. The molecule has 29 heavy (non-hydrogen) atoms. The number of halogens is 2. The van der Waals surface area contributed by atoms with Crippen LogP contribution in [0, 0.1) is 5.82 Å². The first kappa shape index (κ1) is 18.3. The molecule has 0 spiro atoms. The Morgan fingerprint density at radius 1 is 1.24 bits per heavy atom. The van der Waals surface area contributed by atoms with Gasteiger partial charge in [0.1, 0.15) is 12.4 Å². The molecule has 0 aliphatic carbocycles. The second kappa shape index (κ2) is 6.64. The van der Waals surface area contributed by atoms with Crippen LogP contribution in [-0.2, 0) is 24.2 Å². The summed E-state index contributed by atoms with van der Waals surface area (Å²) >= 11 is 0. The number of carbonyl (C=O) groups is 1. The lowest BCUT2D eigenvalue weighted by atomic mass is 9.87. The molecule has 1 fully saturated rings. The summed E-state index contributed by atoms with van der Waals surface area (Å²) in [5.41, 5.74) is 4.37. The molecule has 2 N–H and O–H groups in total. The fourth-order valence-corrected chi connectivity index (χ4v) is 4.63. The standard InChI is InChI=1S/C22H21F2N3O2/c1-27-18-5-2-4-14-19(18)15(11-29-26-21(14)28)20(27)13-6-7-16(17(23)10-13)22(24)8-3-9-25-12-22/h2,4-7,10,25H,3,8-9,11-12H2,1H3,(H,26,28)/t22-/m0/s1. The van der Waals surface area contributed by atoms with Crippen LogP contribution in [0.2, 0.25) is 0 Å². The Bertz CT molecular complexity index is 1130. The van der Waals surface area contributed by atoms with Crippen LogP contribution in [-0.4, -0.2) is 23.6 Å². The molecule has 0 radical (unpaired) electrons. The lowest BCUT2D eigenvalue weighted by Crippen LogP contribution is -2.40. The number of benzene rings is 2. The fourth-order valence-electron chi connectivity index (χ4n) is 4.63. The minimum Gasteiger partial charge on any atom is -0.343 e. The third-order valence-corrected chi connectivity index (χ3v) is 6.01. The van der Waals surface area contributed by atoms with Crippen molar-refractivity contribution >= 4 is 16.8 Å². The first-order valence-electron chi connectivity index (χ1n) is 9.72. The molecule has 0 bridgehead atoms. The molecule has 3 heterocycles. The third-order valence-electron chi connectivity index (χ3n) is 6.01. The van der Waals surface area contributed by atoms with Gasteiger partial charge in [0.15, 0.2) is 5.67 Å². The molecule has 0 unspecified atom stereocenters. The van der Waals surface area contributed by atoms with Crippen molar-refractivity contribution in [2.75, 3.05) is 13.1 Å². The van der Waals surface area contributed by atoms with E-state index in [-0.39, 0.29) is 24.6 Å². The predicted octanol–water partition coefficient (Wildman–Crippen LogP) is 3.71. The van der Waals surface area contributed by atoms with Gasteiger partial charge < -0.3 is 9.88 Å². The van der Waals surface area contributed by atoms with E-state index in [1.165, 1.54) is 6.07 Å². The maximum atomic E-state index is 15.3. The van der Waals surface area contributed by atoms with Crippen LogP contribution in [0.1, 0.15) is 34.3 Å². The zero-order valence-electron chi connectivity index (χ0n) is 16.0. The summed E-state index contributed by atoms with van der Waals surface area (Å²) in [5.74, 6) is -0.868. The number of nitrogens with one attached hydrogen (secondary N) is 2. The molecule has 2 aliphatic heterocycles. The van der Waals surface area contributed by atoms with Crippen LogP contribution >= 0.6 is 0 Å². The van der Waals surface area contributed by atoms with Gasteiger partial charge in [-0.1, -0.05) is 18.2 Å². The first-order chi connectivity index (χ1) is 14.0. The van der Waals surface area contributed by atoms with E-state index in [0.29, 0.717) is 24.0 Å². The van der Waals surface area contributed by atoms with Crippen molar-refractivity contribution in [2.45, 2.75) is 25.1 Å². The summed E-state index contributed by atoms with van der Waals surface area (Å²) in [6.07, 6.45) is 0.979. The Morgan fingerprint density at radius 2 is 2.10 bits per heavy atom. The molecule has 2 aromatic carbocycles. The molecule has 150 valence electrons. The SMILES string of the molecule is Cn1c(-c2ccc([C@]3(F)CCCNC3)c(F)c2)c2c3c(cccc31)C(=O)NOC2. The molecule has 2 aliphatic rings. The maximum absolute atomic E-state index is 15.3. The highest BCUT2D eigenvalue weighted by molar-refractivity contribution is 6.09. The van der Waals surface area contributed by atoms with Gasteiger partial charge in [-0.3, -0.25) is 9.63 Å². The van der Waals surface area contributed by atoms with Crippen molar-refractivity contribution < 1.29 is 18.4 Å². The van der Waals surface area contributed by atoms with E-state index in [1.807, 2.05) is 23.7 Å². The van der Waals surface area contributed by atoms with Gasteiger partial charge in [-0.05, 0) is 37.6 Å². The highest BCUT2D eigenvalue weighted by atomic mass is 19.1. The molecule has 1 atom stereocenters. The molecule has 1 saturated heterocycles. The Balaban J connectivity index is 1.68. The average molecular weight is 397 g/mol. The fraction of sp³-hybridized carbons (Fsp3) is 0.318. The Labute approximate surface area is 166 Å². The van der Waals surface area contributed by atoms with Gasteiger partial charge in [-0.15, -0.1) is 0 Å². The van der Waals surface area contributed by atoms with Crippen molar-refractivity contribution in [3.8, 4) is 11.3 Å². The van der Waals surface area contributed by atoms with Crippen molar-refractivity contribution in [1.29, 1.82) is 0 Å². The molecular weight excluding hydrogens is 376 g/mol. The predicted molar refractivity (Wildman–Crippen MR) is 105 cm³/mol. The van der Waals surface area contributed by atoms with Crippen LogP contribution in [0.5, 0.6) is 0 Å². The largest absolute Gasteiger partial charge is 0.343 e. The maximum Gasteiger partial charge on any atom is 0.275 e. The number of aromatic nitrogens is 1. The van der Waals surface area contributed by atoms with E-state index < -0.39 is 11.5 Å². The first-order valence-corrected chi connectivity index (χ1v) is 9.72. The van der Waals surface area contributed by atoms with Crippen molar-refractivity contribution in [2.24, 2.45) is 7.05 Å². The number of hydroxylamine groups is 1. The van der Waals surface area contributed by atoms with Crippen LogP contribution in [0.3, 0.4) is 0 Å². The minimum atomic E-state index is -1.70. The normalized spacial score (nSPS) is 21.8. The average Bonchev–Trinajstić information content (AvgIpc) is 2.89. The number of rotatable bonds is 2. The second-order valence-corrected chi connectivity index (χ2v) is 7.75. The van der Waals surface area contributed by atoms with E-state index in [9.17, 15) is 4.79 Å². The molecule has 3 aromatic rings. The van der Waals surface area contributed by atoms with E-state index in [1.54, 1.807) is 18.2 Å². The number of hydrogen-bond acceptors (Lipinski definition) is 3. The van der Waals surface area contributed by atoms with Crippen molar-refractivity contribution in [1.82, 2.24) is 15.4 Å². The lowest BCUT2D eigenvalue weighted by Gasteiger charge is -2.31. The Morgan fingerprint density at radius 3 is 2.86 bits per heavy atom. The van der Waals surface area contributed by atoms with Gasteiger partial charge in [-0.25, -0.2) is 14.3 Å². The number of aryl methyl sites for hydroxylation is 1. The topological polar surface area (TPSA) is 55.3 Å². The van der Waals surface area contributed by atoms with Gasteiger partial charge in [-0.2, -0.15) is 0 Å². The number of amides is 1. The van der Waals surface area contributed by atoms with Crippen LogP contribution in [0.15, 0.2) is 36.4 Å². The zero-order chi connectivity index (χ0) is 20.2. The number of hydrogen-bond donors (Lipinski definition) is 2. The summed E-state index contributed by atoms with van der Waals surface area (Å²) in [6.45, 7) is 1.03.